The van der Waals surface area contributed by atoms with E-state index in [-0.39, 0.29) is 23.5 Å². The predicted molar refractivity (Wildman–Crippen MR) is 123 cm³/mol. The van der Waals surface area contributed by atoms with Gasteiger partial charge in [0.25, 0.3) is 0 Å². The first-order valence-corrected chi connectivity index (χ1v) is 11.3. The minimum absolute atomic E-state index is 0.0941. The summed E-state index contributed by atoms with van der Waals surface area (Å²) in [4.78, 5) is 5.91. The van der Waals surface area contributed by atoms with Crippen molar-refractivity contribution >= 4 is 5.69 Å². The molecule has 1 saturated heterocycles. The van der Waals surface area contributed by atoms with Gasteiger partial charge in [-0.15, -0.1) is 13.2 Å². The highest BCUT2D eigenvalue weighted by atomic mass is 19.4. The maximum Gasteiger partial charge on any atom is 0.573 e. The number of anilines is 1. The lowest BCUT2D eigenvalue weighted by atomic mass is 9.96. The van der Waals surface area contributed by atoms with Crippen molar-refractivity contribution in [2.45, 2.75) is 50.4 Å². The third-order valence-corrected chi connectivity index (χ3v) is 6.13. The van der Waals surface area contributed by atoms with E-state index < -0.39 is 23.8 Å². The summed E-state index contributed by atoms with van der Waals surface area (Å²) in [6.07, 6.45) is -8.69. The Hall–Kier alpha value is -3.27. The van der Waals surface area contributed by atoms with E-state index in [0.29, 0.717) is 18.7 Å². The topological polar surface area (TPSA) is 37.4 Å². The van der Waals surface area contributed by atoms with Gasteiger partial charge in [-0.2, -0.15) is 13.2 Å². The maximum absolute atomic E-state index is 13.2. The van der Waals surface area contributed by atoms with Crippen LogP contribution in [-0.4, -0.2) is 23.9 Å². The van der Waals surface area contributed by atoms with Crippen LogP contribution in [0.3, 0.4) is 0 Å². The molecular formula is C26H25F6N3O. The molecule has 0 amide bonds. The first-order valence-electron chi connectivity index (χ1n) is 11.3. The predicted octanol–water partition coefficient (Wildman–Crippen LogP) is 6.84. The van der Waals surface area contributed by atoms with Crippen molar-refractivity contribution in [3.05, 3.63) is 89.7 Å². The molecule has 192 valence electrons. The van der Waals surface area contributed by atoms with Crippen molar-refractivity contribution in [1.29, 1.82) is 0 Å². The van der Waals surface area contributed by atoms with Crippen LogP contribution in [0, 0.1) is 0 Å². The standard InChI is InChI=1S/C26H25F6N3O/c1-24(2,22-9-6-10-23(33-22)25(27,28)29)34-18-15-21(17-7-4-3-5-8-17)35(16-18)19-11-13-20(14-12-19)36-26(30,31)32/h3-14,18,21,34H,15-16H2,1-2H3/t18-,21-/m1/s1. The number of nitrogens with zero attached hydrogens (tertiary/aromatic N) is 2. The van der Waals surface area contributed by atoms with Crippen molar-refractivity contribution in [2.24, 2.45) is 0 Å². The monoisotopic (exact) mass is 509 g/mol. The van der Waals surface area contributed by atoms with E-state index in [0.717, 1.165) is 11.6 Å². The summed E-state index contributed by atoms with van der Waals surface area (Å²) < 4.78 is 81.2. The zero-order valence-corrected chi connectivity index (χ0v) is 19.6. The van der Waals surface area contributed by atoms with Crippen molar-refractivity contribution in [3.8, 4) is 5.75 Å². The third-order valence-electron chi connectivity index (χ3n) is 6.13. The van der Waals surface area contributed by atoms with Gasteiger partial charge in [0.15, 0.2) is 0 Å². The van der Waals surface area contributed by atoms with Crippen LogP contribution in [0.2, 0.25) is 0 Å². The highest BCUT2D eigenvalue weighted by Crippen LogP contribution is 2.38. The summed E-state index contributed by atoms with van der Waals surface area (Å²) in [7, 11) is 0. The second kappa shape index (κ2) is 9.65. The van der Waals surface area contributed by atoms with Crippen molar-refractivity contribution in [3.63, 3.8) is 0 Å². The van der Waals surface area contributed by atoms with Gasteiger partial charge < -0.3 is 15.0 Å². The molecule has 2 aromatic carbocycles. The van der Waals surface area contributed by atoms with E-state index in [9.17, 15) is 26.3 Å². The van der Waals surface area contributed by atoms with Crippen LogP contribution in [-0.2, 0) is 11.7 Å². The third kappa shape index (κ3) is 6.10. The zero-order valence-electron chi connectivity index (χ0n) is 19.6. The fourth-order valence-electron chi connectivity index (χ4n) is 4.58. The maximum atomic E-state index is 13.2. The summed E-state index contributed by atoms with van der Waals surface area (Å²) in [5.74, 6) is -0.312. The van der Waals surface area contributed by atoms with Gasteiger partial charge in [0.05, 0.1) is 17.3 Å². The van der Waals surface area contributed by atoms with Gasteiger partial charge in [0.2, 0.25) is 0 Å². The summed E-state index contributed by atoms with van der Waals surface area (Å²) in [5, 5.41) is 3.45. The average Bonchev–Trinajstić information content (AvgIpc) is 3.22. The normalized spacial score (nSPS) is 18.9. The Morgan fingerprint density at radius 1 is 0.833 bits per heavy atom. The summed E-state index contributed by atoms with van der Waals surface area (Å²) in [6, 6.07) is 18.9. The molecule has 36 heavy (non-hydrogen) atoms. The number of hydrogen-bond acceptors (Lipinski definition) is 4. The van der Waals surface area contributed by atoms with Gasteiger partial charge in [-0.1, -0.05) is 36.4 Å². The Labute approximate surface area is 204 Å². The largest absolute Gasteiger partial charge is 0.573 e. The lowest BCUT2D eigenvalue weighted by molar-refractivity contribution is -0.274. The number of alkyl halides is 6. The number of ether oxygens (including phenoxy) is 1. The van der Waals surface area contributed by atoms with Gasteiger partial charge in [0.1, 0.15) is 11.4 Å². The van der Waals surface area contributed by atoms with E-state index in [1.54, 1.807) is 32.0 Å². The molecular weight excluding hydrogens is 484 g/mol. The first-order chi connectivity index (χ1) is 16.8. The van der Waals surface area contributed by atoms with Gasteiger partial charge in [-0.25, -0.2) is 4.98 Å². The lowest BCUT2D eigenvalue weighted by Crippen LogP contribution is -2.45. The number of hydrogen-bond donors (Lipinski definition) is 1. The molecule has 1 aliphatic rings. The van der Waals surface area contributed by atoms with Gasteiger partial charge >= 0.3 is 12.5 Å². The Morgan fingerprint density at radius 3 is 2.08 bits per heavy atom. The van der Waals surface area contributed by atoms with E-state index in [1.807, 2.05) is 30.3 Å². The molecule has 0 radical (unpaired) electrons. The molecule has 4 nitrogen and oxygen atoms in total. The minimum Gasteiger partial charge on any atom is -0.406 e. The fraction of sp³-hybridized carbons (Fsp3) is 0.346. The molecule has 10 heteroatoms. The lowest BCUT2D eigenvalue weighted by Gasteiger charge is -2.30. The van der Waals surface area contributed by atoms with Crippen LogP contribution in [0.4, 0.5) is 32.0 Å². The second-order valence-electron chi connectivity index (χ2n) is 9.23. The first kappa shape index (κ1) is 25.8. The van der Waals surface area contributed by atoms with Crippen LogP contribution in [0.1, 0.15) is 43.3 Å². The summed E-state index contributed by atoms with van der Waals surface area (Å²) >= 11 is 0. The Bertz CT molecular complexity index is 1160. The Kier molecular flexibility index (Phi) is 6.92. The Morgan fingerprint density at radius 2 is 1.47 bits per heavy atom. The molecule has 3 aromatic rings. The van der Waals surface area contributed by atoms with E-state index in [4.69, 9.17) is 0 Å². The van der Waals surface area contributed by atoms with Gasteiger partial charge in [-0.3, -0.25) is 0 Å². The smallest absolute Gasteiger partial charge is 0.406 e. The summed E-state index contributed by atoms with van der Waals surface area (Å²) in [6.45, 7) is 4.04. The van der Waals surface area contributed by atoms with Crippen molar-refractivity contribution in [1.82, 2.24) is 10.3 Å². The molecule has 2 atom stereocenters. The number of pyridine rings is 1. The molecule has 1 fully saturated rings. The molecule has 0 aliphatic carbocycles. The van der Waals surface area contributed by atoms with Gasteiger partial charge in [0, 0.05) is 18.3 Å². The van der Waals surface area contributed by atoms with Crippen molar-refractivity contribution < 1.29 is 31.1 Å². The molecule has 0 saturated carbocycles. The van der Waals surface area contributed by atoms with E-state index in [1.165, 1.54) is 18.2 Å². The molecule has 1 N–H and O–H groups in total. The minimum atomic E-state index is -4.78. The van der Waals surface area contributed by atoms with Crippen LogP contribution >= 0.6 is 0 Å². The quantitative estimate of drug-likeness (QED) is 0.369. The van der Waals surface area contributed by atoms with Crippen LogP contribution in [0.25, 0.3) is 0 Å². The number of halogens is 6. The number of aromatic nitrogens is 1. The van der Waals surface area contributed by atoms with E-state index >= 15 is 0 Å². The molecule has 0 spiro atoms. The van der Waals surface area contributed by atoms with E-state index in [2.05, 4.69) is 19.9 Å². The van der Waals surface area contributed by atoms with Gasteiger partial charge in [-0.05, 0) is 62.2 Å². The average molecular weight is 509 g/mol. The van der Waals surface area contributed by atoms with Crippen molar-refractivity contribution in [2.75, 3.05) is 11.4 Å². The molecule has 0 bridgehead atoms. The number of nitrogens with one attached hydrogen (secondary N) is 1. The number of rotatable bonds is 6. The molecule has 2 heterocycles. The van der Waals surface area contributed by atoms with Crippen LogP contribution < -0.4 is 15.0 Å². The number of benzene rings is 2. The molecule has 1 aliphatic heterocycles. The molecule has 0 unspecified atom stereocenters. The highest BCUT2D eigenvalue weighted by molar-refractivity contribution is 5.53. The van der Waals surface area contributed by atoms with Crippen LogP contribution in [0.5, 0.6) is 5.75 Å². The molecule has 1 aromatic heterocycles. The fourth-order valence-corrected chi connectivity index (χ4v) is 4.58. The Balaban J connectivity index is 1.58. The van der Waals surface area contributed by atoms with Crippen LogP contribution in [0.15, 0.2) is 72.8 Å². The highest BCUT2D eigenvalue weighted by Gasteiger charge is 2.38. The summed E-state index contributed by atoms with van der Waals surface area (Å²) in [5.41, 5.74) is 0.171. The second-order valence-corrected chi connectivity index (χ2v) is 9.23. The zero-order chi connectivity index (χ0) is 26.1. The SMILES string of the molecule is CC(C)(N[C@@H]1C[C@H](c2ccccc2)N(c2ccc(OC(F)(F)F)cc2)C1)c1cccc(C(F)(F)F)n1. The molecule has 4 rings (SSSR count).